The maximum atomic E-state index is 6.20. The van der Waals surface area contributed by atoms with Crippen LogP contribution in [0.15, 0.2) is 28.2 Å². The van der Waals surface area contributed by atoms with Gasteiger partial charge in [0.2, 0.25) is 0 Å². The average Bonchev–Trinajstić information content (AvgIpc) is 2.97. The Morgan fingerprint density at radius 3 is 2.83 bits per heavy atom. The molecule has 2 N–H and O–H groups in total. The maximum absolute atomic E-state index is 6.20. The molecular formula is C13H18BrN3S. The quantitative estimate of drug-likeness (QED) is 0.904. The Labute approximate surface area is 120 Å². The van der Waals surface area contributed by atoms with Gasteiger partial charge in [0, 0.05) is 29.6 Å². The van der Waals surface area contributed by atoms with Gasteiger partial charge in [0.15, 0.2) is 0 Å². The summed E-state index contributed by atoms with van der Waals surface area (Å²) in [6, 6.07) is 6.66. The van der Waals surface area contributed by atoms with Gasteiger partial charge in [-0.2, -0.15) is 5.10 Å². The van der Waals surface area contributed by atoms with Crippen molar-refractivity contribution in [3.05, 3.63) is 38.8 Å². The van der Waals surface area contributed by atoms with E-state index in [4.69, 9.17) is 5.73 Å². The van der Waals surface area contributed by atoms with Crippen LogP contribution in [-0.4, -0.2) is 9.78 Å². The van der Waals surface area contributed by atoms with Crippen LogP contribution in [0.2, 0.25) is 0 Å². The Hall–Kier alpha value is -0.650. The van der Waals surface area contributed by atoms with Crippen molar-refractivity contribution in [1.82, 2.24) is 9.78 Å². The Balaban J connectivity index is 2.03. The number of halogens is 1. The summed E-state index contributed by atoms with van der Waals surface area (Å²) in [5, 5.41) is 4.58. The van der Waals surface area contributed by atoms with E-state index in [-0.39, 0.29) is 6.04 Å². The van der Waals surface area contributed by atoms with Crippen molar-refractivity contribution in [3.8, 4) is 0 Å². The van der Waals surface area contributed by atoms with E-state index in [1.807, 2.05) is 16.9 Å². The number of nitrogens with zero attached hydrogens (tertiary/aromatic N) is 2. The van der Waals surface area contributed by atoms with Crippen LogP contribution in [0.1, 0.15) is 42.9 Å². The van der Waals surface area contributed by atoms with Gasteiger partial charge in [0.1, 0.15) is 0 Å². The second-order valence-corrected chi connectivity index (χ2v) is 6.99. The highest BCUT2D eigenvalue weighted by Gasteiger charge is 2.12. The molecule has 0 amide bonds. The smallest absolute Gasteiger partial charge is 0.0701 e. The molecule has 0 saturated carbocycles. The summed E-state index contributed by atoms with van der Waals surface area (Å²) in [5.41, 5.74) is 7.26. The molecule has 2 aromatic heterocycles. The van der Waals surface area contributed by atoms with Crippen molar-refractivity contribution in [2.45, 2.75) is 38.8 Å². The van der Waals surface area contributed by atoms with Crippen LogP contribution in [0.5, 0.6) is 0 Å². The zero-order valence-corrected chi connectivity index (χ0v) is 13.0. The summed E-state index contributed by atoms with van der Waals surface area (Å²) in [6.07, 6.45) is 3.92. The van der Waals surface area contributed by atoms with Crippen LogP contribution in [-0.2, 0) is 6.42 Å². The molecule has 18 heavy (non-hydrogen) atoms. The van der Waals surface area contributed by atoms with E-state index in [0.29, 0.717) is 6.04 Å². The summed E-state index contributed by atoms with van der Waals surface area (Å²) < 4.78 is 3.14. The van der Waals surface area contributed by atoms with E-state index in [1.54, 1.807) is 11.3 Å². The molecular weight excluding hydrogens is 310 g/mol. The van der Waals surface area contributed by atoms with Gasteiger partial charge < -0.3 is 5.73 Å². The van der Waals surface area contributed by atoms with Crippen molar-refractivity contribution in [2.24, 2.45) is 5.73 Å². The normalized spacial score (nSPS) is 14.7. The summed E-state index contributed by atoms with van der Waals surface area (Å²) in [5.74, 6) is 0. The fourth-order valence-corrected chi connectivity index (χ4v) is 3.20. The molecule has 98 valence electrons. The molecule has 0 aliphatic carbocycles. The number of nitrogens with two attached hydrogens (primary N) is 1. The first-order chi connectivity index (χ1) is 8.60. The van der Waals surface area contributed by atoms with Gasteiger partial charge in [-0.15, -0.1) is 11.3 Å². The predicted molar refractivity (Wildman–Crippen MR) is 79.9 cm³/mol. The topological polar surface area (TPSA) is 43.8 Å². The monoisotopic (exact) mass is 327 g/mol. The molecule has 3 nitrogen and oxygen atoms in total. The Bertz CT molecular complexity index is 506. The number of aromatic nitrogens is 2. The van der Waals surface area contributed by atoms with Gasteiger partial charge in [0.05, 0.1) is 9.48 Å². The van der Waals surface area contributed by atoms with E-state index in [0.717, 1.165) is 22.3 Å². The van der Waals surface area contributed by atoms with Crippen molar-refractivity contribution in [3.63, 3.8) is 0 Å². The highest BCUT2D eigenvalue weighted by molar-refractivity contribution is 9.11. The molecule has 0 fully saturated rings. The summed E-state index contributed by atoms with van der Waals surface area (Å²) in [4.78, 5) is 1.19. The summed E-state index contributed by atoms with van der Waals surface area (Å²) >= 11 is 5.15. The molecule has 2 heterocycles. The first-order valence-corrected chi connectivity index (χ1v) is 7.76. The van der Waals surface area contributed by atoms with E-state index in [9.17, 15) is 0 Å². The molecule has 2 aromatic rings. The SMILES string of the molecule is CCC(C)n1ccc(CC(N)c2ccc(Br)s2)n1. The number of hydrogen-bond donors (Lipinski definition) is 1. The molecule has 0 aliphatic heterocycles. The summed E-state index contributed by atoms with van der Waals surface area (Å²) in [7, 11) is 0. The zero-order chi connectivity index (χ0) is 13.1. The van der Waals surface area contributed by atoms with Gasteiger partial charge >= 0.3 is 0 Å². The second kappa shape index (κ2) is 5.99. The molecule has 0 saturated heterocycles. The van der Waals surface area contributed by atoms with Crippen molar-refractivity contribution in [2.75, 3.05) is 0 Å². The fraction of sp³-hybridized carbons (Fsp3) is 0.462. The minimum Gasteiger partial charge on any atom is -0.323 e. The average molecular weight is 328 g/mol. The molecule has 2 unspecified atom stereocenters. The lowest BCUT2D eigenvalue weighted by Crippen LogP contribution is -2.13. The van der Waals surface area contributed by atoms with E-state index in [1.165, 1.54) is 4.88 Å². The predicted octanol–water partition coefficient (Wildman–Crippen LogP) is 3.92. The van der Waals surface area contributed by atoms with Gasteiger partial charge in [0.25, 0.3) is 0 Å². The maximum Gasteiger partial charge on any atom is 0.0701 e. The van der Waals surface area contributed by atoms with Crippen LogP contribution in [0.4, 0.5) is 0 Å². The van der Waals surface area contributed by atoms with Crippen LogP contribution in [0, 0.1) is 0 Å². The molecule has 2 atom stereocenters. The fourth-order valence-electron chi connectivity index (χ4n) is 1.77. The highest BCUT2D eigenvalue weighted by Crippen LogP contribution is 2.27. The Morgan fingerprint density at radius 1 is 1.44 bits per heavy atom. The first kappa shape index (κ1) is 13.8. The van der Waals surface area contributed by atoms with E-state index >= 15 is 0 Å². The lowest BCUT2D eigenvalue weighted by atomic mass is 10.1. The lowest BCUT2D eigenvalue weighted by molar-refractivity contribution is 0.472. The highest BCUT2D eigenvalue weighted by atomic mass is 79.9. The van der Waals surface area contributed by atoms with E-state index < -0.39 is 0 Å². The Morgan fingerprint density at radius 2 is 2.22 bits per heavy atom. The lowest BCUT2D eigenvalue weighted by Gasteiger charge is -2.09. The minimum absolute atomic E-state index is 0.0292. The van der Waals surface area contributed by atoms with Crippen molar-refractivity contribution < 1.29 is 0 Å². The Kier molecular flexibility index (Phi) is 4.59. The van der Waals surface area contributed by atoms with Crippen molar-refractivity contribution >= 4 is 27.3 Å². The molecule has 0 aromatic carbocycles. The van der Waals surface area contributed by atoms with Gasteiger partial charge in [-0.3, -0.25) is 4.68 Å². The zero-order valence-electron chi connectivity index (χ0n) is 10.6. The number of thiophene rings is 1. The molecule has 0 aliphatic rings. The van der Waals surface area contributed by atoms with E-state index in [2.05, 4.69) is 47.0 Å². The van der Waals surface area contributed by atoms with Gasteiger partial charge in [-0.1, -0.05) is 6.92 Å². The van der Waals surface area contributed by atoms with Crippen molar-refractivity contribution in [1.29, 1.82) is 0 Å². The first-order valence-electron chi connectivity index (χ1n) is 6.15. The van der Waals surface area contributed by atoms with Gasteiger partial charge in [-0.25, -0.2) is 0 Å². The third-order valence-corrected chi connectivity index (χ3v) is 4.85. The van der Waals surface area contributed by atoms with Gasteiger partial charge in [-0.05, 0) is 47.5 Å². The van der Waals surface area contributed by atoms with Crippen LogP contribution >= 0.6 is 27.3 Å². The molecule has 0 spiro atoms. The van der Waals surface area contributed by atoms with Crippen LogP contribution < -0.4 is 5.73 Å². The number of hydrogen-bond acceptors (Lipinski definition) is 3. The molecule has 5 heteroatoms. The third-order valence-electron chi connectivity index (χ3n) is 3.09. The summed E-state index contributed by atoms with van der Waals surface area (Å²) in [6.45, 7) is 4.34. The molecule has 0 bridgehead atoms. The molecule has 0 radical (unpaired) electrons. The standard InChI is InChI=1S/C13H18BrN3S/c1-3-9(2)17-7-6-10(16-17)8-11(15)12-4-5-13(14)18-12/h4-7,9,11H,3,8,15H2,1-2H3. The largest absolute Gasteiger partial charge is 0.323 e. The van der Waals surface area contributed by atoms with Crippen LogP contribution in [0.25, 0.3) is 0 Å². The minimum atomic E-state index is 0.0292. The number of rotatable bonds is 5. The third kappa shape index (κ3) is 3.22. The second-order valence-electron chi connectivity index (χ2n) is 4.50. The van der Waals surface area contributed by atoms with Crippen LogP contribution in [0.3, 0.4) is 0 Å². The molecule has 2 rings (SSSR count).